The van der Waals surface area contributed by atoms with E-state index in [-0.39, 0.29) is 23.3 Å². The standard InChI is InChI=1S/C19H30N2O/c1-15(13-19(2,3)17-10-6-5-7-11-17)20-18(22)16-9-8-12-21(4)14-16/h5-7,10-11,15-16H,8-9,12-14H2,1-4H3,(H,20,22)/t15-,16+/m0/s1. The number of nitrogens with zero attached hydrogens (tertiary/aromatic N) is 1. The second kappa shape index (κ2) is 7.28. The van der Waals surface area contributed by atoms with Crippen LogP contribution in [0.4, 0.5) is 0 Å². The van der Waals surface area contributed by atoms with Crippen LogP contribution in [-0.4, -0.2) is 37.0 Å². The third kappa shape index (κ3) is 4.57. The summed E-state index contributed by atoms with van der Waals surface area (Å²) in [7, 11) is 2.10. The van der Waals surface area contributed by atoms with Gasteiger partial charge in [-0.05, 0) is 50.8 Å². The van der Waals surface area contributed by atoms with Crippen LogP contribution in [0.5, 0.6) is 0 Å². The zero-order chi connectivity index (χ0) is 16.2. The Morgan fingerprint density at radius 3 is 2.68 bits per heavy atom. The van der Waals surface area contributed by atoms with E-state index in [2.05, 4.69) is 62.3 Å². The normalized spacial score (nSPS) is 21.4. The maximum Gasteiger partial charge on any atom is 0.224 e. The summed E-state index contributed by atoms with van der Waals surface area (Å²) in [5.74, 6) is 0.379. The number of nitrogens with one attached hydrogen (secondary N) is 1. The maximum absolute atomic E-state index is 12.4. The van der Waals surface area contributed by atoms with Crippen LogP contribution in [0, 0.1) is 5.92 Å². The molecule has 1 amide bonds. The van der Waals surface area contributed by atoms with Crippen molar-refractivity contribution < 1.29 is 4.79 Å². The summed E-state index contributed by atoms with van der Waals surface area (Å²) in [5.41, 5.74) is 1.39. The first-order valence-corrected chi connectivity index (χ1v) is 8.43. The number of amides is 1. The molecular formula is C19H30N2O. The van der Waals surface area contributed by atoms with Gasteiger partial charge in [0.15, 0.2) is 0 Å². The summed E-state index contributed by atoms with van der Waals surface area (Å²) < 4.78 is 0. The van der Waals surface area contributed by atoms with Crippen LogP contribution in [0.1, 0.15) is 45.6 Å². The molecule has 1 aliphatic heterocycles. The highest BCUT2D eigenvalue weighted by Gasteiger charge is 2.27. The molecule has 0 aliphatic carbocycles. The predicted molar refractivity (Wildman–Crippen MR) is 91.9 cm³/mol. The van der Waals surface area contributed by atoms with Gasteiger partial charge in [-0.15, -0.1) is 0 Å². The average Bonchev–Trinajstić information content (AvgIpc) is 2.47. The molecule has 0 unspecified atom stereocenters. The number of carbonyl (C=O) groups is 1. The second-order valence-corrected chi connectivity index (χ2v) is 7.47. The molecule has 1 aromatic carbocycles. The topological polar surface area (TPSA) is 32.3 Å². The molecule has 0 spiro atoms. The first kappa shape index (κ1) is 17.0. The summed E-state index contributed by atoms with van der Waals surface area (Å²) in [5, 5.41) is 3.23. The van der Waals surface area contributed by atoms with Gasteiger partial charge in [-0.2, -0.15) is 0 Å². The van der Waals surface area contributed by atoms with E-state index < -0.39 is 0 Å². The van der Waals surface area contributed by atoms with Gasteiger partial charge >= 0.3 is 0 Å². The fourth-order valence-corrected chi connectivity index (χ4v) is 3.56. The van der Waals surface area contributed by atoms with Crippen LogP contribution >= 0.6 is 0 Å². The van der Waals surface area contributed by atoms with Crippen LogP contribution in [-0.2, 0) is 10.2 Å². The molecular weight excluding hydrogens is 272 g/mol. The summed E-state index contributed by atoms with van der Waals surface area (Å²) >= 11 is 0. The zero-order valence-electron chi connectivity index (χ0n) is 14.4. The van der Waals surface area contributed by atoms with Gasteiger partial charge in [0.05, 0.1) is 5.92 Å². The van der Waals surface area contributed by atoms with Crippen molar-refractivity contribution in [3.63, 3.8) is 0 Å². The Morgan fingerprint density at radius 1 is 1.36 bits per heavy atom. The molecule has 0 aromatic heterocycles. The molecule has 3 heteroatoms. The number of piperidine rings is 1. The summed E-state index contributed by atoms with van der Waals surface area (Å²) in [6, 6.07) is 10.7. The summed E-state index contributed by atoms with van der Waals surface area (Å²) in [6.07, 6.45) is 3.09. The number of hydrogen-bond acceptors (Lipinski definition) is 2. The molecule has 2 atom stereocenters. The number of benzene rings is 1. The van der Waals surface area contributed by atoms with Gasteiger partial charge in [0.25, 0.3) is 0 Å². The molecule has 3 nitrogen and oxygen atoms in total. The number of carbonyl (C=O) groups excluding carboxylic acids is 1. The molecule has 22 heavy (non-hydrogen) atoms. The highest BCUT2D eigenvalue weighted by atomic mass is 16.2. The number of rotatable bonds is 5. The molecule has 0 radical (unpaired) electrons. The van der Waals surface area contributed by atoms with E-state index in [9.17, 15) is 4.79 Å². The minimum atomic E-state index is 0.0668. The number of hydrogen-bond donors (Lipinski definition) is 1. The van der Waals surface area contributed by atoms with Crippen molar-refractivity contribution in [3.05, 3.63) is 35.9 Å². The Bertz CT molecular complexity index is 483. The third-order valence-electron chi connectivity index (χ3n) is 4.76. The van der Waals surface area contributed by atoms with E-state index in [0.717, 1.165) is 32.4 Å². The second-order valence-electron chi connectivity index (χ2n) is 7.47. The van der Waals surface area contributed by atoms with Crippen molar-refractivity contribution in [1.29, 1.82) is 0 Å². The van der Waals surface area contributed by atoms with Gasteiger partial charge in [0.1, 0.15) is 0 Å². The lowest BCUT2D eigenvalue weighted by molar-refractivity contribution is -0.127. The maximum atomic E-state index is 12.4. The molecule has 1 aromatic rings. The quantitative estimate of drug-likeness (QED) is 0.906. The Labute approximate surface area is 135 Å². The van der Waals surface area contributed by atoms with Gasteiger partial charge in [-0.25, -0.2) is 0 Å². The van der Waals surface area contributed by atoms with Crippen molar-refractivity contribution in [2.45, 2.75) is 51.5 Å². The molecule has 1 aliphatic rings. The predicted octanol–water partition coefficient (Wildman–Crippen LogP) is 3.20. The molecule has 1 heterocycles. The van der Waals surface area contributed by atoms with Gasteiger partial charge in [0.2, 0.25) is 5.91 Å². The van der Waals surface area contributed by atoms with Crippen molar-refractivity contribution >= 4 is 5.91 Å². The van der Waals surface area contributed by atoms with Crippen molar-refractivity contribution in [3.8, 4) is 0 Å². The van der Waals surface area contributed by atoms with Crippen molar-refractivity contribution in [1.82, 2.24) is 10.2 Å². The molecule has 2 rings (SSSR count). The van der Waals surface area contributed by atoms with Crippen LogP contribution in [0.25, 0.3) is 0 Å². The van der Waals surface area contributed by atoms with E-state index in [0.29, 0.717) is 0 Å². The lowest BCUT2D eigenvalue weighted by atomic mass is 9.79. The van der Waals surface area contributed by atoms with Crippen LogP contribution in [0.2, 0.25) is 0 Å². The first-order valence-electron chi connectivity index (χ1n) is 8.43. The third-order valence-corrected chi connectivity index (χ3v) is 4.76. The smallest absolute Gasteiger partial charge is 0.224 e. The lowest BCUT2D eigenvalue weighted by Crippen LogP contribution is -2.45. The van der Waals surface area contributed by atoms with Crippen molar-refractivity contribution in [2.24, 2.45) is 5.92 Å². The van der Waals surface area contributed by atoms with Gasteiger partial charge in [-0.1, -0.05) is 44.2 Å². The highest BCUT2D eigenvalue weighted by Crippen LogP contribution is 2.28. The summed E-state index contributed by atoms with van der Waals surface area (Å²) in [6.45, 7) is 8.62. The Balaban J connectivity index is 1.89. The molecule has 1 N–H and O–H groups in total. The highest BCUT2D eigenvalue weighted by molar-refractivity contribution is 5.79. The zero-order valence-corrected chi connectivity index (χ0v) is 14.4. The van der Waals surface area contributed by atoms with Gasteiger partial charge in [-0.3, -0.25) is 4.79 Å². The summed E-state index contributed by atoms with van der Waals surface area (Å²) in [4.78, 5) is 14.7. The van der Waals surface area contributed by atoms with Crippen LogP contribution in [0.3, 0.4) is 0 Å². The van der Waals surface area contributed by atoms with E-state index in [1.807, 2.05) is 6.07 Å². The fraction of sp³-hybridized carbons (Fsp3) is 0.632. The van der Waals surface area contributed by atoms with E-state index in [4.69, 9.17) is 0 Å². The van der Waals surface area contributed by atoms with Gasteiger partial charge in [0, 0.05) is 12.6 Å². The molecule has 1 fully saturated rings. The monoisotopic (exact) mass is 302 g/mol. The fourth-order valence-electron chi connectivity index (χ4n) is 3.56. The van der Waals surface area contributed by atoms with Crippen molar-refractivity contribution in [2.75, 3.05) is 20.1 Å². The molecule has 0 bridgehead atoms. The van der Waals surface area contributed by atoms with E-state index >= 15 is 0 Å². The lowest BCUT2D eigenvalue weighted by Gasteiger charge is -2.32. The van der Waals surface area contributed by atoms with Crippen LogP contribution < -0.4 is 5.32 Å². The average molecular weight is 302 g/mol. The number of likely N-dealkylation sites (tertiary alicyclic amines) is 1. The van der Waals surface area contributed by atoms with E-state index in [1.165, 1.54) is 5.56 Å². The SMILES string of the molecule is C[C@@H](CC(C)(C)c1ccccc1)NC(=O)[C@@H]1CCCN(C)C1. The Kier molecular flexibility index (Phi) is 5.63. The molecule has 0 saturated carbocycles. The first-order chi connectivity index (χ1) is 10.4. The Morgan fingerprint density at radius 2 is 2.05 bits per heavy atom. The van der Waals surface area contributed by atoms with Crippen LogP contribution in [0.15, 0.2) is 30.3 Å². The minimum Gasteiger partial charge on any atom is -0.353 e. The molecule has 122 valence electrons. The van der Waals surface area contributed by atoms with E-state index in [1.54, 1.807) is 0 Å². The molecule has 1 saturated heterocycles. The largest absolute Gasteiger partial charge is 0.353 e. The van der Waals surface area contributed by atoms with Gasteiger partial charge < -0.3 is 10.2 Å². The minimum absolute atomic E-state index is 0.0668. The Hall–Kier alpha value is -1.35.